The van der Waals surface area contributed by atoms with Crippen LogP contribution in [0.3, 0.4) is 0 Å². The van der Waals surface area contributed by atoms with E-state index in [0.717, 1.165) is 4.90 Å². The molecule has 2 N–H and O–H groups in total. The number of nitrogens with zero attached hydrogens (tertiary/aromatic N) is 1. The zero-order chi connectivity index (χ0) is 14.4. The van der Waals surface area contributed by atoms with E-state index in [1.165, 1.54) is 19.3 Å². The summed E-state index contributed by atoms with van der Waals surface area (Å²) in [6.07, 6.45) is 2.80. The van der Waals surface area contributed by atoms with E-state index >= 15 is 0 Å². The molecule has 0 unspecified atom stereocenters. The van der Waals surface area contributed by atoms with Gasteiger partial charge in [0.15, 0.2) is 0 Å². The standard InChI is InChI=1S/C12H18N2O5/c1-3-8(4-5-10(15)19-2)13-11(16)9-6-7-14(9)12(17)18/h4-5,8-9H,3,6-7H2,1-2H3,(H,13,16)(H,17,18)/t8-,9-/m0/s1. The van der Waals surface area contributed by atoms with E-state index in [2.05, 4.69) is 10.1 Å². The van der Waals surface area contributed by atoms with Crippen LogP contribution in [0.2, 0.25) is 0 Å². The van der Waals surface area contributed by atoms with Gasteiger partial charge in [0, 0.05) is 18.7 Å². The van der Waals surface area contributed by atoms with Crippen molar-refractivity contribution in [3.63, 3.8) is 0 Å². The molecule has 1 aliphatic rings. The molecule has 7 heteroatoms. The minimum Gasteiger partial charge on any atom is -0.466 e. The normalized spacial score (nSPS) is 19.7. The molecule has 1 rings (SSSR count). The van der Waals surface area contributed by atoms with Crippen molar-refractivity contribution in [1.29, 1.82) is 0 Å². The summed E-state index contributed by atoms with van der Waals surface area (Å²) < 4.78 is 4.45. The molecule has 0 aliphatic carbocycles. The third kappa shape index (κ3) is 3.97. The molecular formula is C12H18N2O5. The third-order valence-electron chi connectivity index (χ3n) is 3.00. The lowest BCUT2D eigenvalue weighted by Crippen LogP contribution is -2.59. The van der Waals surface area contributed by atoms with Crippen molar-refractivity contribution in [2.45, 2.75) is 31.8 Å². The van der Waals surface area contributed by atoms with Gasteiger partial charge in [-0.25, -0.2) is 9.59 Å². The second-order valence-electron chi connectivity index (χ2n) is 4.19. The quantitative estimate of drug-likeness (QED) is 0.555. The topological polar surface area (TPSA) is 95.9 Å². The van der Waals surface area contributed by atoms with E-state index in [1.54, 1.807) is 0 Å². The van der Waals surface area contributed by atoms with Crippen LogP contribution in [0.25, 0.3) is 0 Å². The Balaban J connectivity index is 2.52. The summed E-state index contributed by atoms with van der Waals surface area (Å²) in [5.41, 5.74) is 0. The summed E-state index contributed by atoms with van der Waals surface area (Å²) >= 11 is 0. The van der Waals surface area contributed by atoms with Crippen molar-refractivity contribution in [3.8, 4) is 0 Å². The molecule has 7 nitrogen and oxygen atoms in total. The van der Waals surface area contributed by atoms with Gasteiger partial charge >= 0.3 is 12.1 Å². The first-order valence-corrected chi connectivity index (χ1v) is 6.05. The Hall–Kier alpha value is -2.05. The number of rotatable bonds is 5. The average Bonchev–Trinajstić information content (AvgIpc) is 2.31. The van der Waals surface area contributed by atoms with Gasteiger partial charge in [-0.15, -0.1) is 0 Å². The molecule has 1 heterocycles. The molecule has 0 aromatic heterocycles. The third-order valence-corrected chi connectivity index (χ3v) is 3.00. The van der Waals surface area contributed by atoms with Crippen molar-refractivity contribution >= 4 is 18.0 Å². The lowest BCUT2D eigenvalue weighted by Gasteiger charge is -2.37. The minimum atomic E-state index is -1.09. The van der Waals surface area contributed by atoms with Gasteiger partial charge in [-0.05, 0) is 12.8 Å². The summed E-state index contributed by atoms with van der Waals surface area (Å²) in [5.74, 6) is -0.835. The molecule has 106 valence electrons. The van der Waals surface area contributed by atoms with Crippen LogP contribution in [0, 0.1) is 0 Å². The Morgan fingerprint density at radius 2 is 2.21 bits per heavy atom. The highest BCUT2D eigenvalue weighted by Crippen LogP contribution is 2.17. The summed E-state index contributed by atoms with van der Waals surface area (Å²) in [7, 11) is 1.27. The smallest absolute Gasteiger partial charge is 0.407 e. The summed E-state index contributed by atoms with van der Waals surface area (Å²) in [5, 5.41) is 11.5. The zero-order valence-electron chi connectivity index (χ0n) is 11.0. The Morgan fingerprint density at radius 3 is 2.63 bits per heavy atom. The lowest BCUT2D eigenvalue weighted by molar-refractivity contribution is -0.135. The number of esters is 1. The molecule has 0 radical (unpaired) electrons. The molecule has 0 spiro atoms. The molecule has 0 saturated carbocycles. The largest absolute Gasteiger partial charge is 0.466 e. The molecule has 2 amide bonds. The van der Waals surface area contributed by atoms with Crippen LogP contribution < -0.4 is 5.32 Å². The number of amides is 2. The van der Waals surface area contributed by atoms with Crippen molar-refractivity contribution < 1.29 is 24.2 Å². The number of nitrogens with one attached hydrogen (secondary N) is 1. The molecule has 0 aromatic rings. The fourth-order valence-electron chi connectivity index (χ4n) is 1.72. The van der Waals surface area contributed by atoms with E-state index in [-0.39, 0.29) is 11.9 Å². The van der Waals surface area contributed by atoms with Gasteiger partial charge in [0.05, 0.1) is 7.11 Å². The van der Waals surface area contributed by atoms with Gasteiger partial charge < -0.3 is 15.2 Å². The Kier molecular flexibility index (Phi) is 5.35. The molecule has 19 heavy (non-hydrogen) atoms. The van der Waals surface area contributed by atoms with Crippen molar-refractivity contribution in [3.05, 3.63) is 12.2 Å². The van der Waals surface area contributed by atoms with Gasteiger partial charge in [0.2, 0.25) is 5.91 Å². The maximum Gasteiger partial charge on any atom is 0.407 e. The van der Waals surface area contributed by atoms with Gasteiger partial charge in [-0.2, -0.15) is 0 Å². The van der Waals surface area contributed by atoms with Crippen LogP contribution in [-0.4, -0.2) is 53.7 Å². The predicted molar refractivity (Wildman–Crippen MR) is 66.5 cm³/mol. The van der Waals surface area contributed by atoms with Crippen LogP contribution in [0.4, 0.5) is 4.79 Å². The van der Waals surface area contributed by atoms with Crippen molar-refractivity contribution in [2.24, 2.45) is 0 Å². The van der Waals surface area contributed by atoms with Crippen molar-refractivity contribution in [2.75, 3.05) is 13.7 Å². The lowest BCUT2D eigenvalue weighted by atomic mass is 10.0. The second kappa shape index (κ2) is 6.77. The number of hydrogen-bond acceptors (Lipinski definition) is 4. The SMILES string of the molecule is CC[C@@H](C=CC(=O)OC)NC(=O)[C@@H]1CCN1C(=O)O. The second-order valence-corrected chi connectivity index (χ2v) is 4.19. The number of hydrogen-bond donors (Lipinski definition) is 2. The zero-order valence-corrected chi connectivity index (χ0v) is 11.0. The summed E-state index contributed by atoms with van der Waals surface area (Å²) in [6.45, 7) is 2.23. The molecule has 0 aromatic carbocycles. The van der Waals surface area contributed by atoms with E-state index < -0.39 is 18.1 Å². The van der Waals surface area contributed by atoms with Gasteiger partial charge in [-0.1, -0.05) is 13.0 Å². The molecule has 1 fully saturated rings. The van der Waals surface area contributed by atoms with Gasteiger partial charge in [0.1, 0.15) is 6.04 Å². The summed E-state index contributed by atoms with van der Waals surface area (Å²) in [4.78, 5) is 34.7. The fourth-order valence-corrected chi connectivity index (χ4v) is 1.72. The fraction of sp³-hybridized carbons (Fsp3) is 0.583. The van der Waals surface area contributed by atoms with Gasteiger partial charge in [0.25, 0.3) is 0 Å². The van der Waals surface area contributed by atoms with Crippen LogP contribution in [0.5, 0.6) is 0 Å². The Labute approximate surface area is 111 Å². The monoisotopic (exact) mass is 270 g/mol. The molecular weight excluding hydrogens is 252 g/mol. The molecule has 1 saturated heterocycles. The number of likely N-dealkylation sites (tertiary alicyclic amines) is 1. The first-order valence-electron chi connectivity index (χ1n) is 6.05. The van der Waals surface area contributed by atoms with E-state index in [1.807, 2.05) is 6.92 Å². The van der Waals surface area contributed by atoms with E-state index in [9.17, 15) is 14.4 Å². The number of carbonyl (C=O) groups is 3. The molecule has 1 aliphatic heterocycles. The molecule has 0 bridgehead atoms. The Morgan fingerprint density at radius 1 is 1.53 bits per heavy atom. The highest BCUT2D eigenvalue weighted by molar-refractivity contribution is 5.87. The number of carbonyl (C=O) groups excluding carboxylic acids is 2. The van der Waals surface area contributed by atoms with Crippen LogP contribution in [-0.2, 0) is 14.3 Å². The van der Waals surface area contributed by atoms with E-state index in [4.69, 9.17) is 5.11 Å². The van der Waals surface area contributed by atoms with Crippen molar-refractivity contribution in [1.82, 2.24) is 10.2 Å². The highest BCUT2D eigenvalue weighted by Gasteiger charge is 2.37. The minimum absolute atomic E-state index is 0.317. The number of methoxy groups -OCH3 is 1. The maximum atomic E-state index is 11.9. The number of ether oxygens (including phenoxy) is 1. The first-order chi connectivity index (χ1) is 8.99. The van der Waals surface area contributed by atoms with E-state index in [0.29, 0.717) is 19.4 Å². The number of carboxylic acid groups (broad SMARTS) is 1. The molecule has 2 atom stereocenters. The maximum absolute atomic E-state index is 11.9. The van der Waals surface area contributed by atoms with Gasteiger partial charge in [-0.3, -0.25) is 9.69 Å². The average molecular weight is 270 g/mol. The van der Waals surface area contributed by atoms with Crippen LogP contribution in [0.1, 0.15) is 19.8 Å². The highest BCUT2D eigenvalue weighted by atomic mass is 16.5. The predicted octanol–water partition coefficient (Wildman–Crippen LogP) is 0.363. The summed E-state index contributed by atoms with van der Waals surface area (Å²) in [6, 6.07) is -0.944. The first kappa shape index (κ1) is 15.0. The Bertz CT molecular complexity index is 394. The van der Waals surface area contributed by atoms with Crippen LogP contribution in [0.15, 0.2) is 12.2 Å². The van der Waals surface area contributed by atoms with Crippen LogP contribution >= 0.6 is 0 Å².